The highest BCUT2D eigenvalue weighted by Gasteiger charge is 2.38. The van der Waals surface area contributed by atoms with E-state index in [4.69, 9.17) is 0 Å². The number of aromatic nitrogens is 6. The molecule has 0 fully saturated rings. The molecule has 0 aliphatic rings. The van der Waals surface area contributed by atoms with Crippen LogP contribution in [0.4, 0.5) is 13.2 Å². The lowest BCUT2D eigenvalue weighted by atomic mass is 10.2. The smallest absolute Gasteiger partial charge is 0.241 e. The molecule has 0 aliphatic heterocycles. The second-order valence-electron chi connectivity index (χ2n) is 4.62. The molecule has 3 aromatic heterocycles. The Morgan fingerprint density at radius 2 is 1.96 bits per heavy atom. The van der Waals surface area contributed by atoms with Gasteiger partial charge in [-0.05, 0) is 18.2 Å². The maximum absolute atomic E-state index is 12.8. The fraction of sp³-hybridized carbons (Fsp3) is 0.0769. The second kappa shape index (κ2) is 4.88. The number of hydrogen-bond acceptors (Lipinski definition) is 5. The molecule has 0 bridgehead atoms. The molecule has 6 nitrogen and oxygen atoms in total. The Hall–Kier alpha value is -2.75. The molecular weight excluding hydrogens is 329 g/mol. The lowest BCUT2D eigenvalue weighted by Gasteiger charge is -2.03. The minimum absolute atomic E-state index is 0.0943. The first-order chi connectivity index (χ1) is 11.0. The Morgan fingerprint density at radius 1 is 1.09 bits per heavy atom. The molecule has 1 aromatic carbocycles. The fourth-order valence-electron chi connectivity index (χ4n) is 2.11. The van der Waals surface area contributed by atoms with Gasteiger partial charge in [0.05, 0.1) is 5.69 Å². The van der Waals surface area contributed by atoms with Gasteiger partial charge in [0.15, 0.2) is 0 Å². The van der Waals surface area contributed by atoms with Gasteiger partial charge < -0.3 is 0 Å². The van der Waals surface area contributed by atoms with Gasteiger partial charge >= 0.3 is 6.18 Å². The molecule has 23 heavy (non-hydrogen) atoms. The molecule has 4 rings (SSSR count). The average Bonchev–Trinajstić information content (AvgIpc) is 3.22. The van der Waals surface area contributed by atoms with Crippen molar-refractivity contribution in [2.45, 2.75) is 6.18 Å². The van der Waals surface area contributed by atoms with Crippen molar-refractivity contribution in [1.29, 1.82) is 0 Å². The highest BCUT2D eigenvalue weighted by Crippen LogP contribution is 2.32. The SMILES string of the molecule is FC(F)(F)c1nnc2sc(-c3cccc(-n4cccn4)c3)nn12. The molecule has 0 aliphatic carbocycles. The molecule has 0 spiro atoms. The Balaban J connectivity index is 1.81. The average molecular weight is 336 g/mol. The van der Waals surface area contributed by atoms with E-state index >= 15 is 0 Å². The van der Waals surface area contributed by atoms with Crippen LogP contribution in [0.3, 0.4) is 0 Å². The standard InChI is InChI=1S/C13H7F3N6S/c14-13(15,16)11-18-19-12-22(11)20-10(23-12)8-3-1-4-9(7-8)21-6-2-5-17-21/h1-7H. The van der Waals surface area contributed by atoms with Crippen LogP contribution >= 0.6 is 11.3 Å². The number of alkyl halides is 3. The van der Waals surface area contributed by atoms with E-state index in [1.165, 1.54) is 0 Å². The van der Waals surface area contributed by atoms with E-state index in [2.05, 4.69) is 20.4 Å². The molecule has 0 radical (unpaired) electrons. The van der Waals surface area contributed by atoms with Gasteiger partial charge in [0.2, 0.25) is 4.96 Å². The minimum atomic E-state index is -4.60. The first-order valence-electron chi connectivity index (χ1n) is 6.42. The summed E-state index contributed by atoms with van der Waals surface area (Å²) in [6, 6.07) is 8.99. The quantitative estimate of drug-likeness (QED) is 0.564. The third-order valence-electron chi connectivity index (χ3n) is 3.11. The third-order valence-corrected chi connectivity index (χ3v) is 4.05. The van der Waals surface area contributed by atoms with Crippen LogP contribution in [0, 0.1) is 0 Å². The summed E-state index contributed by atoms with van der Waals surface area (Å²) in [5.41, 5.74) is 1.47. The van der Waals surface area contributed by atoms with Crippen molar-refractivity contribution in [1.82, 2.24) is 29.6 Å². The van der Waals surface area contributed by atoms with Crippen molar-refractivity contribution in [3.63, 3.8) is 0 Å². The van der Waals surface area contributed by atoms with E-state index in [1.54, 1.807) is 41.3 Å². The number of hydrogen-bond donors (Lipinski definition) is 0. The summed E-state index contributed by atoms with van der Waals surface area (Å²) >= 11 is 1.04. The summed E-state index contributed by atoms with van der Waals surface area (Å²) in [4.78, 5) is 0.0943. The summed E-state index contributed by atoms with van der Waals surface area (Å²) in [7, 11) is 0. The number of halogens is 3. The predicted molar refractivity (Wildman–Crippen MR) is 76.2 cm³/mol. The molecule has 10 heteroatoms. The van der Waals surface area contributed by atoms with Crippen molar-refractivity contribution in [3.8, 4) is 16.3 Å². The van der Waals surface area contributed by atoms with Crippen LogP contribution in [0.5, 0.6) is 0 Å². The predicted octanol–water partition coefficient (Wildman–Crippen LogP) is 3.06. The lowest BCUT2D eigenvalue weighted by molar-refractivity contribution is -0.146. The molecule has 0 atom stereocenters. The Labute approximate surface area is 130 Å². The van der Waals surface area contributed by atoms with Gasteiger partial charge in [0.25, 0.3) is 5.82 Å². The van der Waals surface area contributed by atoms with Crippen molar-refractivity contribution < 1.29 is 13.2 Å². The Kier molecular flexibility index (Phi) is 2.94. The zero-order valence-electron chi connectivity index (χ0n) is 11.3. The van der Waals surface area contributed by atoms with Gasteiger partial charge in [-0.15, -0.1) is 10.2 Å². The van der Waals surface area contributed by atoms with E-state index in [1.807, 2.05) is 6.07 Å². The number of fused-ring (bicyclic) bond motifs is 1. The molecule has 0 amide bonds. The van der Waals surface area contributed by atoms with Gasteiger partial charge in [0.1, 0.15) is 5.01 Å². The monoisotopic (exact) mass is 336 g/mol. The summed E-state index contributed by atoms with van der Waals surface area (Å²) in [5, 5.41) is 15.2. The Morgan fingerprint density at radius 3 is 2.70 bits per heavy atom. The van der Waals surface area contributed by atoms with E-state index in [9.17, 15) is 13.2 Å². The van der Waals surface area contributed by atoms with Crippen LogP contribution in [0.15, 0.2) is 42.7 Å². The molecule has 0 saturated heterocycles. The van der Waals surface area contributed by atoms with Gasteiger partial charge in [-0.25, -0.2) is 4.68 Å². The highest BCUT2D eigenvalue weighted by atomic mass is 32.1. The van der Waals surface area contributed by atoms with Gasteiger partial charge in [-0.2, -0.15) is 27.9 Å². The molecule has 0 saturated carbocycles. The van der Waals surface area contributed by atoms with Crippen molar-refractivity contribution in [2.24, 2.45) is 0 Å². The molecule has 0 unspecified atom stereocenters. The first-order valence-corrected chi connectivity index (χ1v) is 7.24. The number of benzene rings is 1. The summed E-state index contributed by atoms with van der Waals surface area (Å²) < 4.78 is 40.9. The van der Waals surface area contributed by atoms with E-state index in [-0.39, 0.29) is 4.96 Å². The maximum Gasteiger partial charge on any atom is 0.453 e. The fourth-order valence-corrected chi connectivity index (χ4v) is 2.95. The topological polar surface area (TPSA) is 60.9 Å². The zero-order chi connectivity index (χ0) is 16.0. The summed E-state index contributed by atoms with van der Waals surface area (Å²) in [5.74, 6) is -1.13. The lowest BCUT2D eigenvalue weighted by Crippen LogP contribution is -2.11. The van der Waals surface area contributed by atoms with Crippen LogP contribution in [0.1, 0.15) is 5.82 Å². The first kappa shape index (κ1) is 13.9. The van der Waals surface area contributed by atoms with Gasteiger partial charge in [-0.1, -0.05) is 23.5 Å². The van der Waals surface area contributed by atoms with Crippen LogP contribution in [-0.2, 0) is 6.18 Å². The highest BCUT2D eigenvalue weighted by molar-refractivity contribution is 7.19. The Bertz CT molecular complexity index is 969. The maximum atomic E-state index is 12.8. The van der Waals surface area contributed by atoms with Crippen molar-refractivity contribution >= 4 is 16.3 Å². The van der Waals surface area contributed by atoms with Crippen molar-refractivity contribution in [3.05, 3.63) is 48.5 Å². The van der Waals surface area contributed by atoms with Crippen LogP contribution in [0.2, 0.25) is 0 Å². The normalized spacial score (nSPS) is 12.1. The molecule has 0 N–H and O–H groups in total. The third kappa shape index (κ3) is 2.36. The molecule has 4 aromatic rings. The summed E-state index contributed by atoms with van der Waals surface area (Å²) in [6.45, 7) is 0. The molecular formula is C13H7F3N6S. The number of nitrogens with zero attached hydrogens (tertiary/aromatic N) is 6. The molecule has 116 valence electrons. The second-order valence-corrected chi connectivity index (χ2v) is 5.58. The number of rotatable bonds is 2. The summed E-state index contributed by atoms with van der Waals surface area (Å²) in [6.07, 6.45) is -1.17. The van der Waals surface area contributed by atoms with E-state index < -0.39 is 12.0 Å². The molecule has 3 heterocycles. The van der Waals surface area contributed by atoms with Crippen molar-refractivity contribution in [2.75, 3.05) is 0 Å². The van der Waals surface area contributed by atoms with Crippen LogP contribution < -0.4 is 0 Å². The van der Waals surface area contributed by atoms with E-state index in [0.29, 0.717) is 10.6 Å². The van der Waals surface area contributed by atoms with Crippen LogP contribution in [0.25, 0.3) is 21.2 Å². The van der Waals surface area contributed by atoms with Gasteiger partial charge in [-0.3, -0.25) is 0 Å². The van der Waals surface area contributed by atoms with Crippen LogP contribution in [-0.4, -0.2) is 29.6 Å². The minimum Gasteiger partial charge on any atom is -0.241 e. The zero-order valence-corrected chi connectivity index (χ0v) is 12.1. The van der Waals surface area contributed by atoms with E-state index in [0.717, 1.165) is 21.5 Å². The largest absolute Gasteiger partial charge is 0.453 e. The van der Waals surface area contributed by atoms with Gasteiger partial charge in [0, 0.05) is 18.0 Å².